The number of hydrogen-bond donors (Lipinski definition) is 4. The fraction of sp³-hybridized carbons (Fsp3) is 0.724. The molecule has 1 aliphatic rings. The molecule has 1 aliphatic heterocycles. The third-order valence-corrected chi connectivity index (χ3v) is 7.42. The number of likely N-dealkylation sites (tertiary alicyclic amines) is 1. The van der Waals surface area contributed by atoms with Crippen molar-refractivity contribution >= 4 is 17.6 Å². The van der Waals surface area contributed by atoms with Gasteiger partial charge in [0.2, 0.25) is 0 Å². The molecule has 0 amide bonds. The number of nitrogens with one attached hydrogen (secondary N) is 2. The number of carboxylic acids is 2. The summed E-state index contributed by atoms with van der Waals surface area (Å²) in [5.41, 5.74) is 2.26. The lowest BCUT2D eigenvalue weighted by Gasteiger charge is -2.49. The topological polar surface area (TPSA) is 102 Å². The number of aliphatic carboxylic acids is 2. The van der Waals surface area contributed by atoms with Gasteiger partial charge in [-0.3, -0.25) is 9.69 Å². The molecule has 1 heterocycles. The van der Waals surface area contributed by atoms with Crippen molar-refractivity contribution in [1.29, 1.82) is 0 Å². The van der Waals surface area contributed by atoms with Crippen molar-refractivity contribution in [3.8, 4) is 0 Å². The monoisotopic (exact) mass is 521 g/mol. The molecule has 0 bridgehead atoms. The maximum atomic E-state index is 11.6. The van der Waals surface area contributed by atoms with E-state index in [1.807, 2.05) is 26.2 Å². The Kier molecular flexibility index (Phi) is 16.1. The highest BCUT2D eigenvalue weighted by Gasteiger charge is 2.45. The maximum Gasteiger partial charge on any atom is 0.362 e. The number of carboxylic acid groups (broad SMARTS) is 2. The van der Waals surface area contributed by atoms with E-state index in [0.717, 1.165) is 88.0 Å². The molecule has 2 atom stereocenters. The first-order valence-corrected chi connectivity index (χ1v) is 14.2. The fourth-order valence-electron chi connectivity index (χ4n) is 5.41. The molecule has 2 unspecified atom stereocenters. The molecule has 1 aromatic rings. The van der Waals surface area contributed by atoms with Gasteiger partial charge in [-0.2, -0.15) is 0 Å². The van der Waals surface area contributed by atoms with Crippen molar-refractivity contribution in [3.63, 3.8) is 0 Å². The van der Waals surface area contributed by atoms with E-state index >= 15 is 0 Å². The van der Waals surface area contributed by atoms with Crippen molar-refractivity contribution in [3.05, 3.63) is 29.8 Å². The first-order valence-electron chi connectivity index (χ1n) is 14.2. The van der Waals surface area contributed by atoms with Gasteiger partial charge in [0.05, 0.1) is 19.6 Å². The highest BCUT2D eigenvalue weighted by atomic mass is 16.4. The quantitative estimate of drug-likeness (QED) is 0.169. The lowest BCUT2D eigenvalue weighted by Crippen LogP contribution is -2.66. The van der Waals surface area contributed by atoms with Crippen LogP contribution in [0.5, 0.6) is 0 Å². The molecule has 4 N–H and O–H groups in total. The molecule has 1 aromatic carbocycles. The molecule has 8 nitrogen and oxygen atoms in total. The van der Waals surface area contributed by atoms with E-state index in [1.54, 1.807) is 0 Å². The van der Waals surface area contributed by atoms with E-state index in [9.17, 15) is 19.8 Å². The summed E-state index contributed by atoms with van der Waals surface area (Å²) in [5, 5.41) is 25.0. The first-order chi connectivity index (χ1) is 17.8. The Bertz CT molecular complexity index is 762. The van der Waals surface area contributed by atoms with Crippen LogP contribution in [0.1, 0.15) is 71.3 Å². The molecule has 1 saturated heterocycles. The Balaban J connectivity index is 0.000000384. The molecule has 37 heavy (non-hydrogen) atoms. The van der Waals surface area contributed by atoms with Crippen molar-refractivity contribution in [2.75, 3.05) is 58.7 Å². The maximum absolute atomic E-state index is 11.6. The lowest BCUT2D eigenvalue weighted by atomic mass is 9.98. The zero-order valence-electron chi connectivity index (χ0n) is 24.0. The highest BCUT2D eigenvalue weighted by Crippen LogP contribution is 2.28. The van der Waals surface area contributed by atoms with Crippen LogP contribution in [0.25, 0.3) is 0 Å². The third-order valence-electron chi connectivity index (χ3n) is 7.42. The summed E-state index contributed by atoms with van der Waals surface area (Å²) in [6.07, 6.45) is 7.46. The zero-order valence-corrected chi connectivity index (χ0v) is 24.0. The van der Waals surface area contributed by atoms with Crippen LogP contribution in [0.2, 0.25) is 0 Å². The molecule has 0 saturated carbocycles. The van der Waals surface area contributed by atoms with Gasteiger partial charge in [0, 0.05) is 25.6 Å². The predicted molar refractivity (Wildman–Crippen MR) is 152 cm³/mol. The lowest BCUT2D eigenvalue weighted by molar-refractivity contribution is -0.978. The van der Waals surface area contributed by atoms with Crippen LogP contribution in [0.4, 0.5) is 5.69 Å². The number of benzene rings is 1. The molecular weight excluding hydrogens is 468 g/mol. The number of nitrogens with zero attached hydrogens (tertiary/aromatic N) is 2. The van der Waals surface area contributed by atoms with Crippen molar-refractivity contribution in [1.82, 2.24) is 10.2 Å². The van der Waals surface area contributed by atoms with Crippen LogP contribution in [-0.4, -0.2) is 97.0 Å². The Morgan fingerprint density at radius 3 is 1.97 bits per heavy atom. The van der Waals surface area contributed by atoms with Gasteiger partial charge in [-0.05, 0) is 82.9 Å². The van der Waals surface area contributed by atoms with E-state index in [0.29, 0.717) is 6.42 Å². The van der Waals surface area contributed by atoms with E-state index in [2.05, 4.69) is 48.4 Å². The second-order valence-corrected chi connectivity index (χ2v) is 10.2. The van der Waals surface area contributed by atoms with Crippen LogP contribution in [0, 0.1) is 0 Å². The van der Waals surface area contributed by atoms with Crippen LogP contribution in [0.3, 0.4) is 0 Å². The summed E-state index contributed by atoms with van der Waals surface area (Å²) in [4.78, 5) is 25.0. The van der Waals surface area contributed by atoms with Gasteiger partial charge < -0.3 is 25.3 Å². The largest absolute Gasteiger partial charge is 0.480 e. The molecule has 0 radical (unpaired) electrons. The highest BCUT2D eigenvalue weighted by molar-refractivity contribution is 5.73. The van der Waals surface area contributed by atoms with Crippen molar-refractivity contribution < 1.29 is 24.3 Å². The Morgan fingerprint density at radius 1 is 0.946 bits per heavy atom. The smallest absolute Gasteiger partial charge is 0.362 e. The molecular formula is C29H53N4O4+. The van der Waals surface area contributed by atoms with Crippen LogP contribution in [-0.2, 0) is 16.0 Å². The van der Waals surface area contributed by atoms with Gasteiger partial charge in [0.25, 0.3) is 0 Å². The number of anilines is 1. The summed E-state index contributed by atoms with van der Waals surface area (Å²) < 4.78 is 0.829. The minimum Gasteiger partial charge on any atom is -0.480 e. The van der Waals surface area contributed by atoms with E-state index in [-0.39, 0.29) is 12.1 Å². The van der Waals surface area contributed by atoms with Gasteiger partial charge in [-0.1, -0.05) is 32.9 Å². The molecule has 8 heteroatoms. The second-order valence-electron chi connectivity index (χ2n) is 10.2. The molecule has 0 aromatic heterocycles. The summed E-state index contributed by atoms with van der Waals surface area (Å²) >= 11 is 0. The Labute approximate surface area is 225 Å². The number of carbonyl (C=O) groups is 2. The standard InChI is InChI=1S/C17H28N2O2.C12H24N2O2/c1-4-12-19(13-5-2)16(17(20)21)11-8-14-6-9-15(18-3)10-7-14;1-3-8-14(9-5-10-14)11(12(15)16)6-4-7-13-2/h6-7,9-10,16,18H,4-5,8,11-13H2,1-3H3,(H,20,21);11,13H,3-10H2,1-2H3/p+1. The zero-order chi connectivity index (χ0) is 27.7. The minimum absolute atomic E-state index is 0.179. The van der Waals surface area contributed by atoms with E-state index in [4.69, 9.17) is 0 Å². The van der Waals surface area contributed by atoms with E-state index in [1.165, 1.54) is 12.0 Å². The first kappa shape index (κ1) is 32.9. The van der Waals surface area contributed by atoms with Crippen LogP contribution in [0.15, 0.2) is 24.3 Å². The van der Waals surface area contributed by atoms with Crippen LogP contribution < -0.4 is 10.6 Å². The number of quaternary nitrogens is 1. The molecule has 1 fully saturated rings. The fourth-order valence-corrected chi connectivity index (χ4v) is 5.41. The number of rotatable bonds is 18. The minimum atomic E-state index is -0.705. The van der Waals surface area contributed by atoms with Gasteiger partial charge in [0.1, 0.15) is 6.04 Å². The third kappa shape index (κ3) is 11.0. The Morgan fingerprint density at radius 2 is 1.57 bits per heavy atom. The normalized spacial score (nSPS) is 15.7. The number of aryl methyl sites for hydroxylation is 1. The predicted octanol–water partition coefficient (Wildman–Crippen LogP) is 4.31. The van der Waals surface area contributed by atoms with Crippen molar-refractivity contribution in [2.24, 2.45) is 0 Å². The number of hydrogen-bond acceptors (Lipinski definition) is 5. The second kappa shape index (κ2) is 18.2. The van der Waals surface area contributed by atoms with Gasteiger partial charge in [-0.25, -0.2) is 4.79 Å². The van der Waals surface area contributed by atoms with Crippen LogP contribution >= 0.6 is 0 Å². The molecule has 2 rings (SSSR count). The van der Waals surface area contributed by atoms with Gasteiger partial charge in [0.15, 0.2) is 6.04 Å². The van der Waals surface area contributed by atoms with E-state index < -0.39 is 11.9 Å². The summed E-state index contributed by atoms with van der Waals surface area (Å²) in [6, 6.07) is 7.63. The molecule has 0 spiro atoms. The summed E-state index contributed by atoms with van der Waals surface area (Å²) in [5.74, 6) is -1.31. The van der Waals surface area contributed by atoms with Gasteiger partial charge in [-0.15, -0.1) is 0 Å². The van der Waals surface area contributed by atoms with Gasteiger partial charge >= 0.3 is 11.9 Å². The summed E-state index contributed by atoms with van der Waals surface area (Å²) in [7, 11) is 3.80. The molecule has 212 valence electrons. The Hall–Kier alpha value is -2.16. The van der Waals surface area contributed by atoms with Crippen molar-refractivity contribution in [2.45, 2.75) is 84.2 Å². The average Bonchev–Trinajstić information content (AvgIpc) is 2.85. The SMILES string of the molecule is CCCN(CCC)C(CCc1ccc(NC)cc1)C(=O)O.CCC[N+]1(C(CCCNC)C(=O)O)CCC1. The average molecular weight is 522 g/mol. The summed E-state index contributed by atoms with van der Waals surface area (Å²) in [6.45, 7) is 12.1. The molecule has 0 aliphatic carbocycles.